The van der Waals surface area contributed by atoms with Crippen LogP contribution in [0, 0.1) is 0 Å². The maximum Gasteiger partial charge on any atom is 0.159 e. The summed E-state index contributed by atoms with van der Waals surface area (Å²) in [5.74, 6) is 0. The lowest BCUT2D eigenvalue weighted by Crippen LogP contribution is -1.95. The molecule has 0 atom stereocenters. The lowest BCUT2D eigenvalue weighted by Gasteiger charge is -2.11. The second-order valence-corrected chi connectivity index (χ2v) is 30.9. The fraction of sp³-hybridized carbons (Fsp3) is 0. The zero-order valence-corrected chi connectivity index (χ0v) is 62.2. The average Bonchev–Trinajstić information content (AvgIpc) is 1.57. The topological polar surface area (TPSA) is 72.3 Å². The summed E-state index contributed by atoms with van der Waals surface area (Å²) in [5, 5.41) is 18.0. The zero-order valence-electron chi connectivity index (χ0n) is 62.2. The van der Waals surface area contributed by atoms with Gasteiger partial charge in [0.25, 0.3) is 0 Å². The van der Waals surface area contributed by atoms with Gasteiger partial charge in [-0.2, -0.15) is 0 Å². The molecule has 0 N–H and O–H groups in total. The molecule has 0 aliphatic heterocycles. The highest BCUT2D eigenvalue weighted by molar-refractivity contribution is 6.23. The minimum Gasteiger partial charge on any atom is -0.455 e. The number of hydrogen-bond acceptors (Lipinski definition) is 4. The molecule has 8 aromatic heterocycles. The third kappa shape index (κ3) is 8.97. The Kier molecular flexibility index (Phi) is 13.0. The van der Waals surface area contributed by atoms with Gasteiger partial charge in [0.1, 0.15) is 39.1 Å². The molecular formula is C108H62N4O4. The number of nitrogens with zero attached hydrogens (tertiary/aromatic N) is 4. The Morgan fingerprint density at radius 1 is 0.155 bits per heavy atom. The van der Waals surface area contributed by atoms with Crippen LogP contribution in [0.5, 0.6) is 0 Å². The Bertz CT molecular complexity index is 8730. The van der Waals surface area contributed by atoms with Crippen molar-refractivity contribution in [3.05, 3.63) is 376 Å². The second-order valence-electron chi connectivity index (χ2n) is 30.9. The molecule has 0 spiro atoms. The van der Waals surface area contributed by atoms with Crippen LogP contribution in [-0.2, 0) is 0 Å². The van der Waals surface area contributed by atoms with Gasteiger partial charge in [-0.3, -0.25) is 0 Å². The molecule has 116 heavy (non-hydrogen) atoms. The van der Waals surface area contributed by atoms with Crippen LogP contribution in [0.3, 0.4) is 0 Å². The number of fused-ring (bicyclic) bond motifs is 24. The minimum atomic E-state index is 0.814. The first-order valence-electron chi connectivity index (χ1n) is 39.6. The standard InChI is InChI=1S/C108H62N4O4/c1-3-21-68(22-4-1)109-92-40-13-9-28-85(92)103-71(29-18-41-94(103)109)66-45-51-76-74-25-7-11-38-90(74)111(97(76)60-66)70-50-56-102-88(62-70)83-36-17-34-81(107(83)115-102)80-33-16-35-82-86-57-64(48-54-100(86)114-106(80)82)63-47-53-93-89(58-63)104-72(30-19-42-95(104)110(93)69-23-5-2-6-24-69)67-46-52-77-75-26-8-12-39-91(75)112(98(77)61-67)96-43-20-37-84-87-59-65(49-55-101(87)116-108(84)96)73-31-15-32-79-78-27-10-14-44-99(78)113-105(73)79/h1-62H. The maximum absolute atomic E-state index is 7.06. The summed E-state index contributed by atoms with van der Waals surface area (Å²) in [6, 6.07) is 136. The molecule has 0 unspecified atom stereocenters. The van der Waals surface area contributed by atoms with Gasteiger partial charge in [-0.25, -0.2) is 0 Å². The Balaban J connectivity index is 0.580. The van der Waals surface area contributed by atoms with Crippen molar-refractivity contribution in [1.29, 1.82) is 0 Å². The molecular weight excluding hydrogens is 1420 g/mol. The quantitative estimate of drug-likeness (QED) is 0.144. The van der Waals surface area contributed by atoms with Gasteiger partial charge < -0.3 is 35.9 Å². The van der Waals surface area contributed by atoms with Crippen molar-refractivity contribution in [2.75, 3.05) is 0 Å². The van der Waals surface area contributed by atoms with Crippen molar-refractivity contribution >= 4 is 175 Å². The summed E-state index contributed by atoms with van der Waals surface area (Å²) < 4.78 is 37.4. The first-order chi connectivity index (χ1) is 57.5. The number of aromatic nitrogens is 4. The largest absolute Gasteiger partial charge is 0.455 e. The smallest absolute Gasteiger partial charge is 0.159 e. The molecule has 538 valence electrons. The van der Waals surface area contributed by atoms with E-state index >= 15 is 0 Å². The van der Waals surface area contributed by atoms with E-state index in [-0.39, 0.29) is 0 Å². The van der Waals surface area contributed by atoms with Crippen LogP contribution in [0.25, 0.3) is 253 Å². The Hall–Kier alpha value is -15.6. The van der Waals surface area contributed by atoms with Crippen molar-refractivity contribution in [2.24, 2.45) is 0 Å². The maximum atomic E-state index is 7.06. The highest BCUT2D eigenvalue weighted by atomic mass is 16.3. The fourth-order valence-corrected chi connectivity index (χ4v) is 19.7. The Morgan fingerprint density at radius 2 is 0.509 bits per heavy atom. The first kappa shape index (κ1) is 63.0. The van der Waals surface area contributed by atoms with Crippen LogP contribution < -0.4 is 0 Å². The zero-order chi connectivity index (χ0) is 75.5. The number of para-hydroxylation sites is 10. The van der Waals surface area contributed by atoms with Gasteiger partial charge in [-0.1, -0.05) is 243 Å². The van der Waals surface area contributed by atoms with Crippen molar-refractivity contribution in [1.82, 2.24) is 18.3 Å². The fourth-order valence-electron chi connectivity index (χ4n) is 19.7. The summed E-state index contributed by atoms with van der Waals surface area (Å²) in [6.45, 7) is 0. The summed E-state index contributed by atoms with van der Waals surface area (Å²) >= 11 is 0. The van der Waals surface area contributed by atoms with Gasteiger partial charge >= 0.3 is 0 Å². The molecule has 0 saturated heterocycles. The molecule has 0 amide bonds. The van der Waals surface area contributed by atoms with Crippen molar-refractivity contribution in [2.45, 2.75) is 0 Å². The molecule has 26 rings (SSSR count). The van der Waals surface area contributed by atoms with Crippen LogP contribution in [0.15, 0.2) is 394 Å². The van der Waals surface area contributed by atoms with Crippen LogP contribution in [0.4, 0.5) is 0 Å². The Morgan fingerprint density at radius 3 is 1.13 bits per heavy atom. The lowest BCUT2D eigenvalue weighted by molar-refractivity contribution is 0.665. The number of rotatable bonds is 9. The van der Waals surface area contributed by atoms with Gasteiger partial charge in [0.15, 0.2) is 5.58 Å². The molecule has 8 heteroatoms. The number of furan rings is 4. The number of hydrogen-bond donors (Lipinski definition) is 0. The summed E-state index contributed by atoms with van der Waals surface area (Å²) in [7, 11) is 0. The molecule has 0 saturated carbocycles. The molecule has 18 aromatic carbocycles. The van der Waals surface area contributed by atoms with E-state index in [1.165, 1.54) is 48.9 Å². The average molecular weight is 1480 g/mol. The van der Waals surface area contributed by atoms with Gasteiger partial charge in [-0.05, 0) is 172 Å². The molecule has 0 fully saturated rings. The highest BCUT2D eigenvalue weighted by Gasteiger charge is 2.26. The van der Waals surface area contributed by atoms with E-state index in [0.717, 1.165) is 204 Å². The monoisotopic (exact) mass is 1480 g/mol. The van der Waals surface area contributed by atoms with E-state index in [9.17, 15) is 0 Å². The molecule has 0 aliphatic carbocycles. The normalized spacial score (nSPS) is 12.3. The van der Waals surface area contributed by atoms with E-state index in [2.05, 4.69) is 382 Å². The Labute approximate surface area is 661 Å². The third-order valence-corrected chi connectivity index (χ3v) is 24.8. The van der Waals surface area contributed by atoms with Gasteiger partial charge in [-0.15, -0.1) is 0 Å². The van der Waals surface area contributed by atoms with Crippen LogP contribution >= 0.6 is 0 Å². The van der Waals surface area contributed by atoms with E-state index < -0.39 is 0 Å². The van der Waals surface area contributed by atoms with Crippen LogP contribution in [-0.4, -0.2) is 18.3 Å². The van der Waals surface area contributed by atoms with E-state index in [1.807, 2.05) is 12.1 Å². The second kappa shape index (κ2) is 23.9. The highest BCUT2D eigenvalue weighted by Crippen LogP contribution is 2.49. The number of benzene rings is 18. The summed E-state index contributed by atoms with van der Waals surface area (Å²) in [5.41, 5.74) is 30.9. The van der Waals surface area contributed by atoms with E-state index in [0.29, 0.717) is 0 Å². The van der Waals surface area contributed by atoms with Crippen molar-refractivity contribution < 1.29 is 17.7 Å². The lowest BCUT2D eigenvalue weighted by atomic mass is 9.96. The van der Waals surface area contributed by atoms with E-state index in [1.54, 1.807) is 0 Å². The minimum absolute atomic E-state index is 0.814. The molecule has 26 aromatic rings. The van der Waals surface area contributed by atoms with Crippen LogP contribution in [0.2, 0.25) is 0 Å². The van der Waals surface area contributed by atoms with E-state index in [4.69, 9.17) is 17.7 Å². The van der Waals surface area contributed by atoms with Crippen LogP contribution in [0.1, 0.15) is 0 Å². The SMILES string of the molecule is c1ccc(-n2c3ccccc3c3c(-c4ccc5c6ccccc6n(-c6ccc7oc8c(-c9cccc%10c9oc9ccc(-c%11ccc%12c(c%11)c%11c(-c%13ccc%14c%15ccccc%15n(-c%15cccc%16c%15oc%15ccc(-c%17cccc%18c%17oc%17ccccc%17%18)cc%15%16)c%14c%13)cccc%11n%12-c%11ccccc%11)cc9%10)cccc8c7c6)c5c4)cccc32)cc1. The molecule has 0 bridgehead atoms. The summed E-state index contributed by atoms with van der Waals surface area (Å²) in [4.78, 5) is 0. The first-order valence-corrected chi connectivity index (χ1v) is 39.6. The third-order valence-electron chi connectivity index (χ3n) is 24.8. The molecule has 0 radical (unpaired) electrons. The van der Waals surface area contributed by atoms with Gasteiger partial charge in [0.2, 0.25) is 0 Å². The molecule has 8 nitrogen and oxygen atoms in total. The van der Waals surface area contributed by atoms with Crippen molar-refractivity contribution in [3.8, 4) is 78.4 Å². The predicted octanol–water partition coefficient (Wildman–Crippen LogP) is 30.0. The molecule has 8 heterocycles. The summed E-state index contributed by atoms with van der Waals surface area (Å²) in [6.07, 6.45) is 0. The van der Waals surface area contributed by atoms with Gasteiger partial charge in [0.05, 0.1) is 49.8 Å². The van der Waals surface area contributed by atoms with Gasteiger partial charge in [0, 0.05) is 120 Å². The molecule has 0 aliphatic rings. The van der Waals surface area contributed by atoms with Crippen molar-refractivity contribution in [3.63, 3.8) is 0 Å². The predicted molar refractivity (Wildman–Crippen MR) is 480 cm³/mol.